The van der Waals surface area contributed by atoms with Gasteiger partial charge < -0.3 is 10.0 Å². The Labute approximate surface area is 103 Å². The molecule has 0 aliphatic rings. The molecule has 1 unspecified atom stereocenters. The minimum Gasteiger partial charge on any atom is -0.481 e. The molecule has 94 valence electrons. The standard InChI is InChI=1S/C14H21NO2/c1-3-15(10-9-14(16)17)11-12(2)13-7-5-4-6-8-13/h4-8,12H,3,9-11H2,1-2H3,(H,16,17). The van der Waals surface area contributed by atoms with Crippen LogP contribution < -0.4 is 0 Å². The van der Waals surface area contributed by atoms with Gasteiger partial charge in [0.25, 0.3) is 0 Å². The highest BCUT2D eigenvalue weighted by Gasteiger charge is 2.11. The number of benzene rings is 1. The Balaban J connectivity index is 2.47. The zero-order valence-electron chi connectivity index (χ0n) is 10.6. The van der Waals surface area contributed by atoms with Crippen molar-refractivity contribution in [3.8, 4) is 0 Å². The molecule has 1 atom stereocenters. The lowest BCUT2D eigenvalue weighted by Crippen LogP contribution is -2.30. The summed E-state index contributed by atoms with van der Waals surface area (Å²) in [5.74, 6) is -0.291. The van der Waals surface area contributed by atoms with E-state index in [0.717, 1.165) is 13.1 Å². The average Bonchev–Trinajstić information content (AvgIpc) is 2.35. The fourth-order valence-electron chi connectivity index (χ4n) is 1.91. The zero-order valence-corrected chi connectivity index (χ0v) is 10.6. The van der Waals surface area contributed by atoms with Crippen molar-refractivity contribution in [3.05, 3.63) is 35.9 Å². The molecule has 0 saturated heterocycles. The molecule has 1 N–H and O–H groups in total. The predicted molar refractivity (Wildman–Crippen MR) is 69.2 cm³/mol. The zero-order chi connectivity index (χ0) is 12.7. The van der Waals surface area contributed by atoms with Crippen molar-refractivity contribution in [2.75, 3.05) is 19.6 Å². The number of carboxylic acids is 1. The summed E-state index contributed by atoms with van der Waals surface area (Å²) in [5.41, 5.74) is 1.31. The second-order valence-corrected chi connectivity index (χ2v) is 4.35. The maximum atomic E-state index is 10.5. The topological polar surface area (TPSA) is 40.5 Å². The van der Waals surface area contributed by atoms with Gasteiger partial charge in [0.2, 0.25) is 0 Å². The maximum Gasteiger partial charge on any atom is 0.304 e. The van der Waals surface area contributed by atoms with E-state index in [-0.39, 0.29) is 6.42 Å². The third kappa shape index (κ3) is 5.00. The van der Waals surface area contributed by atoms with Crippen LogP contribution in [0, 0.1) is 0 Å². The van der Waals surface area contributed by atoms with Crippen LogP contribution in [-0.4, -0.2) is 35.6 Å². The second kappa shape index (κ2) is 7.07. The molecule has 0 aliphatic heterocycles. The van der Waals surface area contributed by atoms with Gasteiger partial charge in [-0.2, -0.15) is 0 Å². The van der Waals surface area contributed by atoms with Crippen LogP contribution in [0.4, 0.5) is 0 Å². The third-order valence-corrected chi connectivity index (χ3v) is 2.99. The Morgan fingerprint density at radius 3 is 2.53 bits per heavy atom. The van der Waals surface area contributed by atoms with Crippen molar-refractivity contribution in [2.45, 2.75) is 26.2 Å². The number of likely N-dealkylation sites (N-methyl/N-ethyl adjacent to an activating group) is 1. The molecule has 0 saturated carbocycles. The highest BCUT2D eigenvalue weighted by Crippen LogP contribution is 2.15. The first-order valence-electron chi connectivity index (χ1n) is 6.12. The molecule has 1 aromatic rings. The summed E-state index contributed by atoms with van der Waals surface area (Å²) in [6.45, 7) is 6.68. The number of carbonyl (C=O) groups is 1. The minimum absolute atomic E-state index is 0.218. The summed E-state index contributed by atoms with van der Waals surface area (Å²) in [6.07, 6.45) is 0.218. The first-order valence-corrected chi connectivity index (χ1v) is 6.12. The lowest BCUT2D eigenvalue weighted by atomic mass is 10.0. The summed E-state index contributed by atoms with van der Waals surface area (Å²) >= 11 is 0. The number of carboxylic acid groups (broad SMARTS) is 1. The molecule has 0 fully saturated rings. The monoisotopic (exact) mass is 235 g/mol. The highest BCUT2D eigenvalue weighted by atomic mass is 16.4. The first kappa shape index (κ1) is 13.7. The predicted octanol–water partition coefficient (Wildman–Crippen LogP) is 2.59. The SMILES string of the molecule is CCN(CCC(=O)O)CC(C)c1ccccc1. The minimum atomic E-state index is -0.726. The fourth-order valence-corrected chi connectivity index (χ4v) is 1.91. The molecular weight excluding hydrogens is 214 g/mol. The molecule has 0 spiro atoms. The molecule has 1 aromatic carbocycles. The number of nitrogens with zero attached hydrogens (tertiary/aromatic N) is 1. The van der Waals surface area contributed by atoms with Crippen LogP contribution in [0.1, 0.15) is 31.7 Å². The van der Waals surface area contributed by atoms with Crippen LogP contribution in [0.5, 0.6) is 0 Å². The van der Waals surface area contributed by atoms with Gasteiger partial charge in [-0.15, -0.1) is 0 Å². The average molecular weight is 235 g/mol. The van der Waals surface area contributed by atoms with Gasteiger partial charge in [0.1, 0.15) is 0 Å². The van der Waals surface area contributed by atoms with Gasteiger partial charge in [-0.05, 0) is 18.0 Å². The molecule has 0 radical (unpaired) electrons. The maximum absolute atomic E-state index is 10.5. The summed E-state index contributed by atoms with van der Waals surface area (Å²) in [6, 6.07) is 10.3. The van der Waals surface area contributed by atoms with Crippen molar-refractivity contribution >= 4 is 5.97 Å². The quantitative estimate of drug-likeness (QED) is 0.789. The van der Waals surface area contributed by atoms with E-state index in [4.69, 9.17) is 5.11 Å². The van der Waals surface area contributed by atoms with E-state index in [1.54, 1.807) is 0 Å². The van der Waals surface area contributed by atoms with E-state index < -0.39 is 5.97 Å². The van der Waals surface area contributed by atoms with Crippen molar-refractivity contribution in [3.63, 3.8) is 0 Å². The van der Waals surface area contributed by atoms with E-state index in [9.17, 15) is 4.79 Å². The summed E-state index contributed by atoms with van der Waals surface area (Å²) < 4.78 is 0. The van der Waals surface area contributed by atoms with Gasteiger partial charge in [0.05, 0.1) is 6.42 Å². The molecule has 0 bridgehead atoms. The Morgan fingerprint density at radius 2 is 2.00 bits per heavy atom. The van der Waals surface area contributed by atoms with Crippen molar-refractivity contribution < 1.29 is 9.90 Å². The molecule has 1 rings (SSSR count). The fraction of sp³-hybridized carbons (Fsp3) is 0.500. The van der Waals surface area contributed by atoms with E-state index in [1.807, 2.05) is 18.2 Å². The largest absolute Gasteiger partial charge is 0.481 e. The Hall–Kier alpha value is -1.35. The van der Waals surface area contributed by atoms with Gasteiger partial charge in [0, 0.05) is 13.1 Å². The van der Waals surface area contributed by atoms with Gasteiger partial charge in [0.15, 0.2) is 0 Å². The normalized spacial score (nSPS) is 12.6. The van der Waals surface area contributed by atoms with Crippen LogP contribution in [-0.2, 0) is 4.79 Å². The summed E-state index contributed by atoms with van der Waals surface area (Å²) in [5, 5.41) is 8.68. The number of hydrogen-bond acceptors (Lipinski definition) is 2. The van der Waals surface area contributed by atoms with Crippen molar-refractivity contribution in [1.82, 2.24) is 4.90 Å². The van der Waals surface area contributed by atoms with E-state index in [0.29, 0.717) is 12.5 Å². The molecule has 17 heavy (non-hydrogen) atoms. The van der Waals surface area contributed by atoms with Crippen LogP contribution >= 0.6 is 0 Å². The Bertz CT molecular complexity index is 337. The Morgan fingerprint density at radius 1 is 1.35 bits per heavy atom. The summed E-state index contributed by atoms with van der Waals surface area (Å²) in [4.78, 5) is 12.7. The smallest absolute Gasteiger partial charge is 0.304 e. The molecule has 0 aromatic heterocycles. The van der Waals surface area contributed by atoms with E-state index in [2.05, 4.69) is 30.9 Å². The molecular formula is C14H21NO2. The van der Waals surface area contributed by atoms with Crippen LogP contribution in [0.25, 0.3) is 0 Å². The second-order valence-electron chi connectivity index (χ2n) is 4.35. The van der Waals surface area contributed by atoms with E-state index >= 15 is 0 Å². The molecule has 0 aliphatic carbocycles. The Kier molecular flexibility index (Phi) is 5.70. The van der Waals surface area contributed by atoms with Crippen LogP contribution in [0.3, 0.4) is 0 Å². The lowest BCUT2D eigenvalue weighted by molar-refractivity contribution is -0.137. The van der Waals surface area contributed by atoms with Crippen molar-refractivity contribution in [2.24, 2.45) is 0 Å². The molecule has 3 nitrogen and oxygen atoms in total. The summed E-state index contributed by atoms with van der Waals surface area (Å²) in [7, 11) is 0. The lowest BCUT2D eigenvalue weighted by Gasteiger charge is -2.23. The molecule has 0 amide bonds. The molecule has 3 heteroatoms. The van der Waals surface area contributed by atoms with Gasteiger partial charge >= 0.3 is 5.97 Å². The van der Waals surface area contributed by atoms with E-state index in [1.165, 1.54) is 5.56 Å². The highest BCUT2D eigenvalue weighted by molar-refractivity contribution is 5.66. The number of hydrogen-bond donors (Lipinski definition) is 1. The molecule has 0 heterocycles. The third-order valence-electron chi connectivity index (χ3n) is 2.99. The van der Waals surface area contributed by atoms with Crippen LogP contribution in [0.2, 0.25) is 0 Å². The van der Waals surface area contributed by atoms with Gasteiger partial charge in [-0.1, -0.05) is 44.2 Å². The van der Waals surface area contributed by atoms with Gasteiger partial charge in [-0.3, -0.25) is 4.79 Å². The van der Waals surface area contributed by atoms with Gasteiger partial charge in [-0.25, -0.2) is 0 Å². The first-order chi connectivity index (χ1) is 8.13. The van der Waals surface area contributed by atoms with Crippen molar-refractivity contribution in [1.29, 1.82) is 0 Å². The number of aliphatic carboxylic acids is 1. The number of rotatable bonds is 7. The van der Waals surface area contributed by atoms with Crippen LogP contribution in [0.15, 0.2) is 30.3 Å².